The zero-order chi connectivity index (χ0) is 14.4. The Morgan fingerprint density at radius 2 is 2.25 bits per heavy atom. The van der Waals surface area contributed by atoms with Crippen LogP contribution in [-0.4, -0.2) is 36.8 Å². The first-order chi connectivity index (χ1) is 9.69. The minimum absolute atomic E-state index is 0.109. The summed E-state index contributed by atoms with van der Waals surface area (Å²) in [5.41, 5.74) is 0.656. The lowest BCUT2D eigenvalue weighted by Gasteiger charge is -2.07. The van der Waals surface area contributed by atoms with Crippen molar-refractivity contribution in [3.05, 3.63) is 41.1 Å². The molecule has 0 aromatic carbocycles. The number of hydrogen-bond acceptors (Lipinski definition) is 5. The van der Waals surface area contributed by atoms with Gasteiger partial charge in [0.15, 0.2) is 0 Å². The molecule has 0 spiro atoms. The predicted octanol–water partition coefficient (Wildman–Crippen LogP) is -0.786. The molecule has 2 rings (SSSR count). The first kappa shape index (κ1) is 13.9. The van der Waals surface area contributed by atoms with Gasteiger partial charge in [0.25, 0.3) is 5.56 Å². The van der Waals surface area contributed by atoms with E-state index in [1.165, 1.54) is 34.3 Å². The monoisotopic (exact) mass is 276 g/mol. The Hall–Kier alpha value is -2.51. The van der Waals surface area contributed by atoms with E-state index in [4.69, 9.17) is 0 Å². The molecule has 0 saturated heterocycles. The van der Waals surface area contributed by atoms with Gasteiger partial charge in [-0.25, -0.2) is 14.6 Å². The molecule has 0 radical (unpaired) electrons. The van der Waals surface area contributed by atoms with E-state index in [-0.39, 0.29) is 18.0 Å². The van der Waals surface area contributed by atoms with E-state index in [1.807, 2.05) is 6.92 Å². The van der Waals surface area contributed by atoms with E-state index in [9.17, 15) is 9.59 Å². The molecule has 0 aliphatic rings. The summed E-state index contributed by atoms with van der Waals surface area (Å²) < 4.78 is 2.90. The Kier molecular flexibility index (Phi) is 4.59. The number of aromatic nitrogens is 5. The highest BCUT2D eigenvalue weighted by molar-refractivity contribution is 5.75. The number of rotatable bonds is 6. The van der Waals surface area contributed by atoms with Crippen LogP contribution in [0, 0.1) is 0 Å². The van der Waals surface area contributed by atoms with Crippen LogP contribution >= 0.6 is 0 Å². The van der Waals surface area contributed by atoms with E-state index >= 15 is 0 Å². The quantitative estimate of drug-likeness (QED) is 0.746. The number of amides is 1. The summed E-state index contributed by atoms with van der Waals surface area (Å²) in [5, 5.41) is 6.55. The minimum atomic E-state index is -0.179. The van der Waals surface area contributed by atoms with E-state index in [2.05, 4.69) is 20.4 Å². The highest BCUT2D eigenvalue weighted by Gasteiger charge is 2.03. The summed E-state index contributed by atoms with van der Waals surface area (Å²) in [5.74, 6) is -0.179. The summed E-state index contributed by atoms with van der Waals surface area (Å²) >= 11 is 0. The lowest BCUT2D eigenvalue weighted by molar-refractivity contribution is -0.121. The molecular formula is C12H16N6O2. The molecule has 0 saturated carbocycles. The first-order valence-corrected chi connectivity index (χ1v) is 6.33. The molecule has 0 bridgehead atoms. The number of aryl methyl sites for hydroxylation is 1. The van der Waals surface area contributed by atoms with Gasteiger partial charge in [0.2, 0.25) is 5.91 Å². The second-order valence-electron chi connectivity index (χ2n) is 4.21. The maximum absolute atomic E-state index is 11.7. The zero-order valence-corrected chi connectivity index (χ0v) is 11.2. The molecule has 0 fully saturated rings. The third-order valence-corrected chi connectivity index (χ3v) is 2.75. The molecule has 0 atom stereocenters. The maximum Gasteiger partial charge on any atom is 0.253 e. The van der Waals surface area contributed by atoms with E-state index in [0.717, 1.165) is 12.1 Å². The van der Waals surface area contributed by atoms with Gasteiger partial charge in [0.05, 0.1) is 6.33 Å². The highest BCUT2D eigenvalue weighted by atomic mass is 16.2. The van der Waals surface area contributed by atoms with E-state index < -0.39 is 0 Å². The van der Waals surface area contributed by atoms with Gasteiger partial charge in [-0.3, -0.25) is 14.2 Å². The Morgan fingerprint density at radius 1 is 1.40 bits per heavy atom. The van der Waals surface area contributed by atoms with Gasteiger partial charge in [-0.15, -0.1) is 0 Å². The minimum Gasteiger partial charge on any atom is -0.353 e. The normalized spacial score (nSPS) is 10.4. The Balaban J connectivity index is 1.81. The number of carbonyl (C=O) groups is 1. The molecule has 2 aromatic rings. The molecule has 0 aliphatic heterocycles. The van der Waals surface area contributed by atoms with Crippen molar-refractivity contribution in [2.45, 2.75) is 26.4 Å². The van der Waals surface area contributed by atoms with Crippen molar-refractivity contribution < 1.29 is 4.79 Å². The van der Waals surface area contributed by atoms with Crippen molar-refractivity contribution in [1.29, 1.82) is 0 Å². The number of nitrogens with one attached hydrogen (secondary N) is 1. The molecule has 1 N–H and O–H groups in total. The molecule has 106 valence electrons. The summed E-state index contributed by atoms with van der Waals surface area (Å²) in [6, 6.07) is 1.51. The largest absolute Gasteiger partial charge is 0.353 e. The maximum atomic E-state index is 11.7. The van der Waals surface area contributed by atoms with Crippen molar-refractivity contribution >= 4 is 5.91 Å². The SMILES string of the molecule is CCc1cc(=O)n(CCNC(=O)Cn2cncn2)cn1. The summed E-state index contributed by atoms with van der Waals surface area (Å²) in [4.78, 5) is 31.2. The molecule has 20 heavy (non-hydrogen) atoms. The van der Waals surface area contributed by atoms with Gasteiger partial charge >= 0.3 is 0 Å². The Bertz CT molecular complexity index is 619. The third kappa shape index (κ3) is 3.74. The van der Waals surface area contributed by atoms with Gasteiger partial charge in [-0.1, -0.05) is 6.92 Å². The standard InChI is InChI=1S/C12H16N6O2/c1-2-10-5-12(20)17(9-15-10)4-3-14-11(19)6-18-8-13-7-16-18/h5,7-9H,2-4,6H2,1H3,(H,14,19). The Labute approximate surface area is 115 Å². The number of nitrogens with zero attached hydrogens (tertiary/aromatic N) is 5. The molecule has 8 nitrogen and oxygen atoms in total. The first-order valence-electron chi connectivity index (χ1n) is 6.33. The highest BCUT2D eigenvalue weighted by Crippen LogP contribution is 1.89. The lowest BCUT2D eigenvalue weighted by Crippen LogP contribution is -2.33. The van der Waals surface area contributed by atoms with Gasteiger partial charge in [0.1, 0.15) is 19.2 Å². The van der Waals surface area contributed by atoms with Crippen molar-refractivity contribution in [2.75, 3.05) is 6.54 Å². The van der Waals surface area contributed by atoms with Gasteiger partial charge in [0, 0.05) is 24.8 Å². The van der Waals surface area contributed by atoms with E-state index in [1.54, 1.807) is 0 Å². The molecule has 8 heteroatoms. The molecule has 0 aliphatic carbocycles. The molecule has 2 heterocycles. The average molecular weight is 276 g/mol. The van der Waals surface area contributed by atoms with Crippen LogP contribution in [0.1, 0.15) is 12.6 Å². The molecular weight excluding hydrogens is 260 g/mol. The number of hydrogen-bond donors (Lipinski definition) is 1. The van der Waals surface area contributed by atoms with Crippen LogP contribution < -0.4 is 10.9 Å². The fraction of sp³-hybridized carbons (Fsp3) is 0.417. The fourth-order valence-electron chi connectivity index (χ4n) is 1.66. The van der Waals surface area contributed by atoms with Crippen LogP contribution in [0.2, 0.25) is 0 Å². The van der Waals surface area contributed by atoms with Crippen molar-refractivity contribution in [3.63, 3.8) is 0 Å². The van der Waals surface area contributed by atoms with Crippen molar-refractivity contribution in [2.24, 2.45) is 0 Å². The fourth-order valence-corrected chi connectivity index (χ4v) is 1.66. The lowest BCUT2D eigenvalue weighted by atomic mass is 10.3. The van der Waals surface area contributed by atoms with Gasteiger partial charge < -0.3 is 5.32 Å². The van der Waals surface area contributed by atoms with Gasteiger partial charge in [-0.2, -0.15) is 5.10 Å². The topological polar surface area (TPSA) is 94.7 Å². The number of carbonyl (C=O) groups excluding carboxylic acids is 1. The van der Waals surface area contributed by atoms with Crippen molar-refractivity contribution in [3.8, 4) is 0 Å². The van der Waals surface area contributed by atoms with Crippen molar-refractivity contribution in [1.82, 2.24) is 29.6 Å². The Morgan fingerprint density at radius 3 is 2.90 bits per heavy atom. The third-order valence-electron chi connectivity index (χ3n) is 2.75. The van der Waals surface area contributed by atoms with E-state index in [0.29, 0.717) is 13.1 Å². The van der Waals surface area contributed by atoms with Crippen LogP contribution in [0.3, 0.4) is 0 Å². The smallest absolute Gasteiger partial charge is 0.253 e. The second-order valence-corrected chi connectivity index (χ2v) is 4.21. The van der Waals surface area contributed by atoms with Crippen LogP contribution in [0.5, 0.6) is 0 Å². The summed E-state index contributed by atoms with van der Waals surface area (Å²) in [6.07, 6.45) is 5.07. The van der Waals surface area contributed by atoms with Gasteiger partial charge in [-0.05, 0) is 6.42 Å². The summed E-state index contributed by atoms with van der Waals surface area (Å²) in [6.45, 7) is 2.80. The predicted molar refractivity (Wildman–Crippen MR) is 70.9 cm³/mol. The average Bonchev–Trinajstić information content (AvgIpc) is 2.93. The van der Waals surface area contributed by atoms with Crippen LogP contribution in [0.15, 0.2) is 29.8 Å². The van der Waals surface area contributed by atoms with Crippen LogP contribution in [0.4, 0.5) is 0 Å². The molecule has 0 unspecified atom stereocenters. The van der Waals surface area contributed by atoms with Crippen LogP contribution in [-0.2, 0) is 24.3 Å². The molecule has 1 amide bonds. The zero-order valence-electron chi connectivity index (χ0n) is 11.2. The van der Waals surface area contributed by atoms with Crippen LogP contribution in [0.25, 0.3) is 0 Å². The molecule has 2 aromatic heterocycles. The second kappa shape index (κ2) is 6.60. The summed E-state index contributed by atoms with van der Waals surface area (Å²) in [7, 11) is 0.